The minimum absolute atomic E-state index is 0.468. The molecular weight excluding hydrogens is 92.1 g/mol. The number of hydrogen-bond donors (Lipinski definition) is 1. The molecule has 0 fully saturated rings. The van der Waals surface area contributed by atoms with Gasteiger partial charge in [-0.25, -0.2) is 0 Å². The molecule has 1 radical (unpaired) electrons. The average Bonchev–Trinajstić information content (AvgIpc) is 1.68. The van der Waals surface area contributed by atoms with Crippen molar-refractivity contribution >= 4 is 6.29 Å². The molecule has 0 aliphatic rings. The fourth-order valence-electron chi connectivity index (χ4n) is 0.126. The minimum atomic E-state index is -0.468. The number of carbonyl (C=O) groups excluding carboxylic acids is 1. The van der Waals surface area contributed by atoms with Crippen LogP contribution in [0.3, 0.4) is 0 Å². The number of hydrogen-bond acceptors (Lipinski definition) is 3. The van der Waals surface area contributed by atoms with Crippen molar-refractivity contribution in [1.29, 1.82) is 5.26 Å². The third-order valence-electron chi connectivity index (χ3n) is 0.458. The van der Waals surface area contributed by atoms with Gasteiger partial charge in [-0.2, -0.15) is 5.26 Å². The molecule has 7 heavy (non-hydrogen) atoms. The lowest BCUT2D eigenvalue weighted by atomic mass is 10.4. The SMILES string of the molecule is C[C@@H]([C]=O)NC#N. The molecule has 1 atom stereocenters. The Morgan fingerprint density at radius 3 is 2.57 bits per heavy atom. The molecule has 0 bridgehead atoms. The van der Waals surface area contributed by atoms with E-state index in [2.05, 4.69) is 5.32 Å². The van der Waals surface area contributed by atoms with Crippen LogP contribution < -0.4 is 5.32 Å². The van der Waals surface area contributed by atoms with E-state index in [1.54, 1.807) is 19.4 Å². The maximum Gasteiger partial charge on any atom is 0.223 e. The minimum Gasteiger partial charge on any atom is -0.313 e. The summed E-state index contributed by atoms with van der Waals surface area (Å²) < 4.78 is 0. The van der Waals surface area contributed by atoms with Crippen molar-refractivity contribution < 1.29 is 4.79 Å². The molecule has 0 aromatic heterocycles. The fraction of sp³-hybridized carbons (Fsp3) is 0.500. The van der Waals surface area contributed by atoms with Gasteiger partial charge in [0.1, 0.15) is 0 Å². The summed E-state index contributed by atoms with van der Waals surface area (Å²) in [6.45, 7) is 1.55. The Bertz CT molecular complexity index is 94.4. The van der Waals surface area contributed by atoms with E-state index in [0.717, 1.165) is 0 Å². The predicted octanol–water partition coefficient (Wildman–Crippen LogP) is -0.445. The van der Waals surface area contributed by atoms with Crippen LogP contribution >= 0.6 is 0 Å². The van der Waals surface area contributed by atoms with Gasteiger partial charge >= 0.3 is 0 Å². The molecule has 1 N–H and O–H groups in total. The molecule has 3 nitrogen and oxygen atoms in total. The van der Waals surface area contributed by atoms with Crippen LogP contribution in [-0.2, 0) is 4.79 Å². The smallest absolute Gasteiger partial charge is 0.223 e. The highest BCUT2D eigenvalue weighted by Crippen LogP contribution is 1.66. The molecule has 0 aliphatic carbocycles. The maximum absolute atomic E-state index is 9.56. The third-order valence-corrected chi connectivity index (χ3v) is 0.458. The van der Waals surface area contributed by atoms with Gasteiger partial charge in [0.15, 0.2) is 6.19 Å². The number of nitriles is 1. The Labute approximate surface area is 41.9 Å². The van der Waals surface area contributed by atoms with Crippen LogP contribution in [0.5, 0.6) is 0 Å². The lowest BCUT2D eigenvalue weighted by Crippen LogP contribution is -2.21. The summed E-state index contributed by atoms with van der Waals surface area (Å²) in [7, 11) is 0. The first-order valence-corrected chi connectivity index (χ1v) is 1.83. The zero-order valence-corrected chi connectivity index (χ0v) is 3.93. The monoisotopic (exact) mass is 97.0 g/mol. The maximum atomic E-state index is 9.56. The van der Waals surface area contributed by atoms with Gasteiger partial charge in [0.2, 0.25) is 6.29 Å². The Balaban J connectivity index is 3.21. The highest BCUT2D eigenvalue weighted by atomic mass is 16.1. The van der Waals surface area contributed by atoms with E-state index < -0.39 is 6.04 Å². The van der Waals surface area contributed by atoms with Crippen LogP contribution in [0.2, 0.25) is 0 Å². The number of nitrogens with one attached hydrogen (secondary N) is 1. The zero-order valence-electron chi connectivity index (χ0n) is 3.93. The molecule has 0 unspecified atom stereocenters. The van der Waals surface area contributed by atoms with E-state index in [1.165, 1.54) is 0 Å². The van der Waals surface area contributed by atoms with E-state index in [-0.39, 0.29) is 0 Å². The van der Waals surface area contributed by atoms with Gasteiger partial charge in [0, 0.05) is 0 Å². The van der Waals surface area contributed by atoms with Gasteiger partial charge in [-0.15, -0.1) is 0 Å². The summed E-state index contributed by atoms with van der Waals surface area (Å²) in [6.07, 6.45) is 3.19. The van der Waals surface area contributed by atoms with Crippen molar-refractivity contribution in [3.8, 4) is 6.19 Å². The van der Waals surface area contributed by atoms with Crippen LogP contribution in [0, 0.1) is 11.5 Å². The topological polar surface area (TPSA) is 52.9 Å². The van der Waals surface area contributed by atoms with Crippen LogP contribution in [0.4, 0.5) is 0 Å². The first-order valence-electron chi connectivity index (χ1n) is 1.83. The van der Waals surface area contributed by atoms with Crippen molar-refractivity contribution in [2.24, 2.45) is 0 Å². The quantitative estimate of drug-likeness (QED) is 0.375. The van der Waals surface area contributed by atoms with E-state index in [4.69, 9.17) is 5.26 Å². The van der Waals surface area contributed by atoms with E-state index in [0.29, 0.717) is 0 Å². The van der Waals surface area contributed by atoms with Crippen molar-refractivity contribution in [2.75, 3.05) is 0 Å². The standard InChI is InChI=1S/C4H5N2O/c1-4(2-7)6-3-5/h4,6H,1H3/t4-/m0/s1. The Hall–Kier alpha value is -1.04. The second-order valence-electron chi connectivity index (χ2n) is 1.10. The molecule has 0 spiro atoms. The second kappa shape index (κ2) is 3.16. The molecule has 3 heteroatoms. The molecule has 0 rings (SSSR count). The summed E-state index contributed by atoms with van der Waals surface area (Å²) in [5, 5.41) is 10.0. The highest BCUT2D eigenvalue weighted by Gasteiger charge is 1.92. The van der Waals surface area contributed by atoms with E-state index in [9.17, 15) is 4.79 Å². The molecule has 0 aliphatic heterocycles. The molecule has 0 amide bonds. The predicted molar refractivity (Wildman–Crippen MR) is 23.9 cm³/mol. The summed E-state index contributed by atoms with van der Waals surface area (Å²) in [4.78, 5) is 9.56. The fourth-order valence-corrected chi connectivity index (χ4v) is 0.126. The van der Waals surface area contributed by atoms with Crippen molar-refractivity contribution in [3.05, 3.63) is 0 Å². The Morgan fingerprint density at radius 1 is 1.86 bits per heavy atom. The van der Waals surface area contributed by atoms with Gasteiger partial charge in [-0.1, -0.05) is 0 Å². The Morgan fingerprint density at radius 2 is 2.43 bits per heavy atom. The normalized spacial score (nSPS) is 11.4. The lowest BCUT2D eigenvalue weighted by Gasteiger charge is -1.91. The number of rotatable bonds is 2. The second-order valence-corrected chi connectivity index (χ2v) is 1.10. The third kappa shape index (κ3) is 2.77. The molecular formula is C4H5N2O. The van der Waals surface area contributed by atoms with Crippen molar-refractivity contribution in [3.63, 3.8) is 0 Å². The molecule has 0 saturated heterocycles. The van der Waals surface area contributed by atoms with Gasteiger partial charge < -0.3 is 5.32 Å². The zero-order chi connectivity index (χ0) is 5.70. The van der Waals surface area contributed by atoms with Crippen LogP contribution in [0.1, 0.15) is 6.92 Å². The van der Waals surface area contributed by atoms with E-state index >= 15 is 0 Å². The van der Waals surface area contributed by atoms with Gasteiger partial charge in [0.25, 0.3) is 0 Å². The number of nitrogens with zero attached hydrogens (tertiary/aromatic N) is 1. The van der Waals surface area contributed by atoms with E-state index in [1.807, 2.05) is 0 Å². The molecule has 0 aromatic carbocycles. The summed E-state index contributed by atoms with van der Waals surface area (Å²) in [5.74, 6) is 0. The summed E-state index contributed by atoms with van der Waals surface area (Å²) in [6, 6.07) is -0.468. The largest absolute Gasteiger partial charge is 0.313 e. The van der Waals surface area contributed by atoms with Gasteiger partial charge in [0.05, 0.1) is 6.04 Å². The molecule has 37 valence electrons. The average molecular weight is 97.1 g/mol. The van der Waals surface area contributed by atoms with Crippen LogP contribution in [0.15, 0.2) is 0 Å². The van der Waals surface area contributed by atoms with Crippen LogP contribution in [0.25, 0.3) is 0 Å². The summed E-state index contributed by atoms with van der Waals surface area (Å²) in [5.41, 5.74) is 0. The lowest BCUT2D eigenvalue weighted by molar-refractivity contribution is 0.539. The van der Waals surface area contributed by atoms with Crippen molar-refractivity contribution in [1.82, 2.24) is 5.32 Å². The molecule has 0 aromatic rings. The van der Waals surface area contributed by atoms with Crippen LogP contribution in [-0.4, -0.2) is 12.3 Å². The highest BCUT2D eigenvalue weighted by molar-refractivity contribution is 5.57. The first kappa shape index (κ1) is 5.96. The molecule has 0 heterocycles. The first-order chi connectivity index (χ1) is 3.31. The van der Waals surface area contributed by atoms with Crippen molar-refractivity contribution in [2.45, 2.75) is 13.0 Å². The van der Waals surface area contributed by atoms with Gasteiger partial charge in [-0.05, 0) is 6.92 Å². The van der Waals surface area contributed by atoms with Gasteiger partial charge in [-0.3, -0.25) is 4.79 Å². The molecule has 0 saturated carbocycles. The summed E-state index contributed by atoms with van der Waals surface area (Å²) >= 11 is 0. The Kier molecular flexibility index (Phi) is 2.69.